The van der Waals surface area contributed by atoms with Gasteiger partial charge in [0.25, 0.3) is 0 Å². The molecule has 3 rings (SSSR count). The average Bonchev–Trinajstić information content (AvgIpc) is 2.82. The molecule has 4 heteroatoms. The van der Waals surface area contributed by atoms with Gasteiger partial charge in [0.2, 0.25) is 5.89 Å². The quantitative estimate of drug-likeness (QED) is 0.699. The molecule has 2 saturated heterocycles. The molecule has 0 aromatic carbocycles. The van der Waals surface area contributed by atoms with Crippen molar-refractivity contribution in [1.29, 1.82) is 0 Å². The minimum atomic E-state index is 0.684. The van der Waals surface area contributed by atoms with Gasteiger partial charge in [-0.3, -0.25) is 0 Å². The van der Waals surface area contributed by atoms with Crippen LogP contribution in [0.5, 0.6) is 0 Å². The molecule has 3 atom stereocenters. The number of fused-ring (bicyclic) bond motifs is 2. The third kappa shape index (κ3) is 1.34. The number of nitrogens with zero attached hydrogens (tertiary/aromatic N) is 3. The molecule has 3 heterocycles. The van der Waals surface area contributed by atoms with Crippen LogP contribution in [0.1, 0.15) is 18.1 Å². The van der Waals surface area contributed by atoms with E-state index in [0.717, 1.165) is 24.1 Å². The number of rotatable bonds is 2. The van der Waals surface area contributed by atoms with Gasteiger partial charge in [-0.15, -0.1) is 0 Å². The van der Waals surface area contributed by atoms with Gasteiger partial charge in [-0.25, -0.2) is 0 Å². The van der Waals surface area contributed by atoms with Crippen LogP contribution in [0.3, 0.4) is 0 Å². The number of hydrogen-bond donors (Lipinski definition) is 0. The molecule has 1 aromatic rings. The molecule has 0 N–H and O–H groups in total. The predicted molar refractivity (Wildman–Crippen MR) is 50.8 cm³/mol. The summed E-state index contributed by atoms with van der Waals surface area (Å²) in [6, 6.07) is 0. The van der Waals surface area contributed by atoms with Crippen LogP contribution in [0, 0.1) is 18.8 Å². The first kappa shape index (κ1) is 8.41. The van der Waals surface area contributed by atoms with E-state index in [0.29, 0.717) is 5.89 Å². The van der Waals surface area contributed by atoms with E-state index in [1.165, 1.54) is 26.1 Å². The highest BCUT2D eigenvalue weighted by atomic mass is 16.5. The van der Waals surface area contributed by atoms with Gasteiger partial charge in [0.1, 0.15) is 0 Å². The molecule has 2 aliphatic heterocycles. The summed E-state index contributed by atoms with van der Waals surface area (Å²) in [5.74, 6) is 3.22. The SMILES string of the molecule is Cc1nc(CC2CN3CCC2C3)no1. The molecule has 2 aliphatic rings. The van der Waals surface area contributed by atoms with Gasteiger partial charge in [0.05, 0.1) is 0 Å². The molecule has 3 unspecified atom stereocenters. The maximum atomic E-state index is 4.98. The summed E-state index contributed by atoms with van der Waals surface area (Å²) in [6.07, 6.45) is 2.36. The highest BCUT2D eigenvalue weighted by Gasteiger charge is 2.38. The molecular formula is C10H15N3O. The van der Waals surface area contributed by atoms with Gasteiger partial charge in [0, 0.05) is 26.4 Å². The van der Waals surface area contributed by atoms with Crippen LogP contribution in [-0.4, -0.2) is 34.7 Å². The van der Waals surface area contributed by atoms with Crippen molar-refractivity contribution in [3.8, 4) is 0 Å². The van der Waals surface area contributed by atoms with Gasteiger partial charge < -0.3 is 9.42 Å². The fraction of sp³-hybridized carbons (Fsp3) is 0.800. The summed E-state index contributed by atoms with van der Waals surface area (Å²) in [4.78, 5) is 6.81. The normalized spacial score (nSPS) is 35.4. The Balaban J connectivity index is 1.68. The van der Waals surface area contributed by atoms with Gasteiger partial charge >= 0.3 is 0 Å². The zero-order valence-electron chi connectivity index (χ0n) is 8.44. The minimum Gasteiger partial charge on any atom is -0.340 e. The smallest absolute Gasteiger partial charge is 0.223 e. The average molecular weight is 193 g/mol. The van der Waals surface area contributed by atoms with Gasteiger partial charge in [-0.2, -0.15) is 4.98 Å². The van der Waals surface area contributed by atoms with Crippen LogP contribution in [0.2, 0.25) is 0 Å². The third-order valence-corrected chi connectivity index (χ3v) is 3.48. The van der Waals surface area contributed by atoms with Gasteiger partial charge in [-0.1, -0.05) is 5.16 Å². The molecule has 0 aliphatic carbocycles. The Morgan fingerprint density at radius 2 is 2.43 bits per heavy atom. The molecule has 0 amide bonds. The van der Waals surface area contributed by atoms with E-state index >= 15 is 0 Å². The van der Waals surface area contributed by atoms with E-state index < -0.39 is 0 Å². The predicted octanol–water partition coefficient (Wildman–Crippen LogP) is 0.872. The van der Waals surface area contributed by atoms with Crippen molar-refractivity contribution >= 4 is 0 Å². The molecule has 1 aromatic heterocycles. The Morgan fingerprint density at radius 3 is 3.00 bits per heavy atom. The first-order chi connectivity index (χ1) is 6.81. The van der Waals surface area contributed by atoms with Crippen LogP contribution in [0.15, 0.2) is 4.52 Å². The molecule has 14 heavy (non-hydrogen) atoms. The molecule has 2 bridgehead atoms. The molecule has 0 spiro atoms. The van der Waals surface area contributed by atoms with Crippen LogP contribution in [-0.2, 0) is 6.42 Å². The second kappa shape index (κ2) is 3.05. The summed E-state index contributed by atoms with van der Waals surface area (Å²) in [5, 5.41) is 3.96. The van der Waals surface area contributed by atoms with Crippen molar-refractivity contribution in [1.82, 2.24) is 15.0 Å². The van der Waals surface area contributed by atoms with E-state index in [1.54, 1.807) is 0 Å². The van der Waals surface area contributed by atoms with Gasteiger partial charge in [-0.05, 0) is 24.8 Å². The zero-order chi connectivity index (χ0) is 9.54. The fourth-order valence-corrected chi connectivity index (χ4v) is 2.78. The van der Waals surface area contributed by atoms with Crippen LogP contribution >= 0.6 is 0 Å². The van der Waals surface area contributed by atoms with E-state index in [4.69, 9.17) is 4.52 Å². The van der Waals surface area contributed by atoms with Crippen LogP contribution in [0.25, 0.3) is 0 Å². The molecule has 4 nitrogen and oxygen atoms in total. The van der Waals surface area contributed by atoms with Crippen molar-refractivity contribution in [2.24, 2.45) is 11.8 Å². The van der Waals surface area contributed by atoms with Crippen molar-refractivity contribution in [2.75, 3.05) is 19.6 Å². The molecular weight excluding hydrogens is 178 g/mol. The Morgan fingerprint density at radius 1 is 1.50 bits per heavy atom. The van der Waals surface area contributed by atoms with Crippen molar-refractivity contribution < 1.29 is 4.52 Å². The first-order valence-electron chi connectivity index (χ1n) is 5.33. The Hall–Kier alpha value is -0.900. The monoisotopic (exact) mass is 193 g/mol. The molecule has 2 fully saturated rings. The van der Waals surface area contributed by atoms with Crippen molar-refractivity contribution in [2.45, 2.75) is 19.8 Å². The molecule has 76 valence electrons. The molecule has 0 saturated carbocycles. The largest absolute Gasteiger partial charge is 0.340 e. The summed E-state index contributed by atoms with van der Waals surface area (Å²) < 4.78 is 4.98. The summed E-state index contributed by atoms with van der Waals surface area (Å²) >= 11 is 0. The summed E-state index contributed by atoms with van der Waals surface area (Å²) in [7, 11) is 0. The van der Waals surface area contributed by atoms with Crippen LogP contribution in [0.4, 0.5) is 0 Å². The first-order valence-corrected chi connectivity index (χ1v) is 5.33. The Labute approximate surface area is 83.3 Å². The number of aryl methyl sites for hydroxylation is 1. The lowest BCUT2D eigenvalue weighted by Gasteiger charge is -2.20. The number of hydrogen-bond acceptors (Lipinski definition) is 4. The maximum absolute atomic E-state index is 4.98. The summed E-state index contributed by atoms with van der Waals surface area (Å²) in [6.45, 7) is 5.67. The third-order valence-electron chi connectivity index (χ3n) is 3.48. The fourth-order valence-electron chi connectivity index (χ4n) is 2.78. The second-order valence-corrected chi connectivity index (χ2v) is 4.50. The highest BCUT2D eigenvalue weighted by molar-refractivity contribution is 4.96. The van der Waals surface area contributed by atoms with Gasteiger partial charge in [0.15, 0.2) is 5.82 Å². The lowest BCUT2D eigenvalue weighted by atomic mass is 9.90. The Kier molecular flexibility index (Phi) is 1.83. The summed E-state index contributed by atoms with van der Waals surface area (Å²) in [5.41, 5.74) is 0. The lowest BCUT2D eigenvalue weighted by Crippen LogP contribution is -2.25. The second-order valence-electron chi connectivity index (χ2n) is 4.50. The van der Waals surface area contributed by atoms with E-state index in [-0.39, 0.29) is 0 Å². The van der Waals surface area contributed by atoms with E-state index in [1.807, 2.05) is 6.92 Å². The zero-order valence-corrected chi connectivity index (χ0v) is 8.44. The standard InChI is InChI=1S/C10H15N3O/c1-7-11-10(12-14-7)4-9-6-13-3-2-8(9)5-13/h8-9H,2-6H2,1H3. The molecule has 0 radical (unpaired) electrons. The Bertz CT molecular complexity index is 336. The van der Waals surface area contributed by atoms with E-state index in [2.05, 4.69) is 15.0 Å². The van der Waals surface area contributed by atoms with E-state index in [9.17, 15) is 0 Å². The van der Waals surface area contributed by atoms with Crippen molar-refractivity contribution in [3.05, 3.63) is 11.7 Å². The number of aromatic nitrogens is 2. The lowest BCUT2D eigenvalue weighted by molar-refractivity contribution is 0.294. The van der Waals surface area contributed by atoms with Crippen molar-refractivity contribution in [3.63, 3.8) is 0 Å². The highest BCUT2D eigenvalue weighted by Crippen LogP contribution is 2.34. The maximum Gasteiger partial charge on any atom is 0.223 e. The minimum absolute atomic E-state index is 0.684. The number of piperidine rings is 1. The van der Waals surface area contributed by atoms with Crippen LogP contribution < -0.4 is 0 Å². The topological polar surface area (TPSA) is 42.2 Å².